The van der Waals surface area contributed by atoms with Crippen LogP contribution in [0.4, 0.5) is 0 Å². The Morgan fingerprint density at radius 2 is 2.00 bits per heavy atom. The van der Waals surface area contributed by atoms with Crippen molar-refractivity contribution in [3.8, 4) is 0 Å². The van der Waals surface area contributed by atoms with Gasteiger partial charge in [-0.05, 0) is 18.6 Å². The lowest BCUT2D eigenvalue weighted by atomic mass is 10.2. The fourth-order valence-electron chi connectivity index (χ4n) is 2.07. The van der Waals surface area contributed by atoms with Gasteiger partial charge in [0.15, 0.2) is 0 Å². The molecular weight excluding hydrogens is 220 g/mol. The molecule has 0 spiro atoms. The summed E-state index contributed by atoms with van der Waals surface area (Å²) in [5.41, 5.74) is 1.18. The van der Waals surface area contributed by atoms with E-state index in [9.17, 15) is 4.79 Å². The van der Waals surface area contributed by atoms with Crippen LogP contribution in [-0.4, -0.2) is 53.6 Å². The lowest BCUT2D eigenvalue weighted by Gasteiger charge is -2.33. The van der Waals surface area contributed by atoms with Crippen molar-refractivity contribution in [2.75, 3.05) is 32.7 Å². The number of aryl methyl sites for hydroxylation is 1. The number of carboxylic acid groups (broad SMARTS) is 1. The van der Waals surface area contributed by atoms with Crippen molar-refractivity contribution in [1.29, 1.82) is 0 Å². The molecule has 1 fully saturated rings. The first kappa shape index (κ1) is 12.1. The molecule has 0 radical (unpaired) electrons. The van der Waals surface area contributed by atoms with Gasteiger partial charge in [0.2, 0.25) is 0 Å². The SMILES string of the molecule is Cc1ccoc1CN1CCN(CC(=O)O)CC1. The topological polar surface area (TPSA) is 56.9 Å². The van der Waals surface area contributed by atoms with E-state index in [4.69, 9.17) is 9.52 Å². The van der Waals surface area contributed by atoms with Crippen LogP contribution in [0.2, 0.25) is 0 Å². The van der Waals surface area contributed by atoms with E-state index in [1.54, 1.807) is 6.26 Å². The number of hydrogen-bond donors (Lipinski definition) is 1. The van der Waals surface area contributed by atoms with Gasteiger partial charge in [0, 0.05) is 26.2 Å². The molecule has 2 rings (SSSR count). The van der Waals surface area contributed by atoms with Crippen LogP contribution in [0.15, 0.2) is 16.7 Å². The first-order valence-corrected chi connectivity index (χ1v) is 5.84. The molecule has 5 nitrogen and oxygen atoms in total. The normalized spacial score (nSPS) is 18.4. The molecule has 0 atom stereocenters. The summed E-state index contributed by atoms with van der Waals surface area (Å²) in [4.78, 5) is 14.8. The van der Waals surface area contributed by atoms with Crippen LogP contribution in [0.5, 0.6) is 0 Å². The molecular formula is C12H18N2O3. The minimum absolute atomic E-state index is 0.146. The Balaban J connectivity index is 1.79. The lowest BCUT2D eigenvalue weighted by molar-refractivity contribution is -0.138. The summed E-state index contributed by atoms with van der Waals surface area (Å²) < 4.78 is 5.41. The van der Waals surface area contributed by atoms with Gasteiger partial charge in [-0.1, -0.05) is 0 Å². The van der Waals surface area contributed by atoms with E-state index < -0.39 is 5.97 Å². The predicted molar refractivity (Wildman–Crippen MR) is 62.8 cm³/mol. The summed E-state index contributed by atoms with van der Waals surface area (Å²) in [6, 6.07) is 1.97. The van der Waals surface area contributed by atoms with Gasteiger partial charge in [-0.3, -0.25) is 14.6 Å². The Morgan fingerprint density at radius 1 is 1.35 bits per heavy atom. The third kappa shape index (κ3) is 3.31. The Bertz CT molecular complexity index is 381. The minimum atomic E-state index is -0.750. The Hall–Kier alpha value is -1.33. The Morgan fingerprint density at radius 3 is 2.53 bits per heavy atom. The van der Waals surface area contributed by atoms with E-state index in [2.05, 4.69) is 4.90 Å². The van der Waals surface area contributed by atoms with Crippen LogP contribution in [0, 0.1) is 6.92 Å². The highest BCUT2D eigenvalue weighted by Gasteiger charge is 2.19. The van der Waals surface area contributed by atoms with Gasteiger partial charge in [0.05, 0.1) is 19.4 Å². The maximum absolute atomic E-state index is 10.6. The maximum Gasteiger partial charge on any atom is 0.317 e. The van der Waals surface area contributed by atoms with E-state index in [0.29, 0.717) is 0 Å². The van der Waals surface area contributed by atoms with E-state index in [1.807, 2.05) is 17.9 Å². The summed E-state index contributed by atoms with van der Waals surface area (Å²) >= 11 is 0. The van der Waals surface area contributed by atoms with Gasteiger partial charge in [-0.25, -0.2) is 0 Å². The highest BCUT2D eigenvalue weighted by Crippen LogP contribution is 2.13. The maximum atomic E-state index is 10.6. The molecule has 5 heteroatoms. The molecule has 17 heavy (non-hydrogen) atoms. The highest BCUT2D eigenvalue weighted by molar-refractivity contribution is 5.69. The van der Waals surface area contributed by atoms with Crippen molar-refractivity contribution in [1.82, 2.24) is 9.80 Å². The molecule has 2 heterocycles. The first-order chi connectivity index (χ1) is 8.15. The molecule has 1 aromatic rings. The lowest BCUT2D eigenvalue weighted by Crippen LogP contribution is -2.47. The van der Waals surface area contributed by atoms with E-state index in [-0.39, 0.29) is 6.54 Å². The zero-order valence-corrected chi connectivity index (χ0v) is 10.1. The summed E-state index contributed by atoms with van der Waals surface area (Å²) in [7, 11) is 0. The predicted octanol–water partition coefficient (Wildman–Crippen LogP) is 0.790. The molecule has 0 aliphatic carbocycles. The summed E-state index contributed by atoms with van der Waals surface area (Å²) in [6.07, 6.45) is 1.71. The van der Waals surface area contributed by atoms with Gasteiger partial charge in [0.1, 0.15) is 5.76 Å². The number of carboxylic acids is 1. The number of furan rings is 1. The molecule has 0 unspecified atom stereocenters. The average Bonchev–Trinajstić information content (AvgIpc) is 2.67. The number of hydrogen-bond acceptors (Lipinski definition) is 4. The second kappa shape index (κ2) is 5.33. The van der Waals surface area contributed by atoms with Crippen molar-refractivity contribution in [3.05, 3.63) is 23.7 Å². The monoisotopic (exact) mass is 238 g/mol. The van der Waals surface area contributed by atoms with Crippen LogP contribution in [0.3, 0.4) is 0 Å². The minimum Gasteiger partial charge on any atom is -0.480 e. The van der Waals surface area contributed by atoms with Crippen LogP contribution in [0.1, 0.15) is 11.3 Å². The molecule has 1 aliphatic heterocycles. The summed E-state index contributed by atoms with van der Waals surface area (Å²) in [6.45, 7) is 6.42. The largest absolute Gasteiger partial charge is 0.480 e. The molecule has 1 aromatic heterocycles. The van der Waals surface area contributed by atoms with Gasteiger partial charge in [-0.15, -0.1) is 0 Å². The molecule has 1 aliphatic rings. The number of rotatable bonds is 4. The van der Waals surface area contributed by atoms with Crippen LogP contribution >= 0.6 is 0 Å². The van der Waals surface area contributed by atoms with Crippen LogP contribution in [-0.2, 0) is 11.3 Å². The number of aliphatic carboxylic acids is 1. The summed E-state index contributed by atoms with van der Waals surface area (Å²) in [5.74, 6) is 0.261. The second-order valence-electron chi connectivity index (χ2n) is 4.47. The number of carbonyl (C=O) groups is 1. The summed E-state index contributed by atoms with van der Waals surface area (Å²) in [5, 5.41) is 8.71. The van der Waals surface area contributed by atoms with E-state index in [0.717, 1.165) is 38.5 Å². The molecule has 1 saturated heterocycles. The van der Waals surface area contributed by atoms with Crippen molar-refractivity contribution >= 4 is 5.97 Å². The molecule has 0 saturated carbocycles. The molecule has 94 valence electrons. The standard InChI is InChI=1S/C12H18N2O3/c1-10-2-7-17-11(10)8-13-3-5-14(6-4-13)9-12(15)16/h2,7H,3-6,8-9H2,1H3,(H,15,16). The van der Waals surface area contributed by atoms with Gasteiger partial charge in [-0.2, -0.15) is 0 Å². The average molecular weight is 238 g/mol. The molecule has 1 N–H and O–H groups in total. The van der Waals surface area contributed by atoms with Crippen LogP contribution in [0.25, 0.3) is 0 Å². The van der Waals surface area contributed by atoms with Gasteiger partial charge in [0.25, 0.3) is 0 Å². The first-order valence-electron chi connectivity index (χ1n) is 5.84. The quantitative estimate of drug-likeness (QED) is 0.840. The fourth-order valence-corrected chi connectivity index (χ4v) is 2.07. The third-order valence-electron chi connectivity index (χ3n) is 3.16. The Kier molecular flexibility index (Phi) is 3.81. The van der Waals surface area contributed by atoms with Gasteiger partial charge < -0.3 is 9.52 Å². The van der Waals surface area contributed by atoms with E-state index in [1.165, 1.54) is 5.56 Å². The molecule has 0 bridgehead atoms. The van der Waals surface area contributed by atoms with Crippen molar-refractivity contribution in [3.63, 3.8) is 0 Å². The number of piperazine rings is 1. The van der Waals surface area contributed by atoms with Crippen molar-refractivity contribution < 1.29 is 14.3 Å². The smallest absolute Gasteiger partial charge is 0.317 e. The zero-order chi connectivity index (χ0) is 12.3. The second-order valence-corrected chi connectivity index (χ2v) is 4.47. The molecule has 0 aromatic carbocycles. The third-order valence-corrected chi connectivity index (χ3v) is 3.16. The van der Waals surface area contributed by atoms with Crippen LogP contribution < -0.4 is 0 Å². The molecule has 0 amide bonds. The van der Waals surface area contributed by atoms with Crippen molar-refractivity contribution in [2.24, 2.45) is 0 Å². The Labute approximate surface area is 101 Å². The van der Waals surface area contributed by atoms with Gasteiger partial charge >= 0.3 is 5.97 Å². The number of nitrogens with zero attached hydrogens (tertiary/aromatic N) is 2. The van der Waals surface area contributed by atoms with Crippen molar-refractivity contribution in [2.45, 2.75) is 13.5 Å². The fraction of sp³-hybridized carbons (Fsp3) is 0.583. The highest BCUT2D eigenvalue weighted by atomic mass is 16.4. The van der Waals surface area contributed by atoms with E-state index >= 15 is 0 Å². The zero-order valence-electron chi connectivity index (χ0n) is 10.1.